The quantitative estimate of drug-likeness (QED) is 0.843. The van der Waals surface area contributed by atoms with E-state index in [4.69, 9.17) is 0 Å². The van der Waals surface area contributed by atoms with Gasteiger partial charge in [-0.3, -0.25) is 4.90 Å². The van der Waals surface area contributed by atoms with Crippen molar-refractivity contribution in [2.45, 2.75) is 62.9 Å². The van der Waals surface area contributed by atoms with Crippen LogP contribution in [0.2, 0.25) is 0 Å². The van der Waals surface area contributed by atoms with Gasteiger partial charge >= 0.3 is 0 Å². The smallest absolute Gasteiger partial charge is 0.0382 e. The third-order valence-electron chi connectivity index (χ3n) is 7.38. The van der Waals surface area contributed by atoms with Gasteiger partial charge in [-0.25, -0.2) is 0 Å². The number of hydrogen-bond donors (Lipinski definition) is 1. The number of nitrogens with zero attached hydrogens (tertiary/aromatic N) is 1. The van der Waals surface area contributed by atoms with Crippen LogP contribution < -0.4 is 5.32 Å². The molecule has 0 radical (unpaired) electrons. The van der Waals surface area contributed by atoms with Crippen LogP contribution in [0.5, 0.6) is 0 Å². The minimum atomic E-state index is 0.408. The maximum atomic E-state index is 3.90. The van der Waals surface area contributed by atoms with Crippen LogP contribution in [0.3, 0.4) is 0 Å². The Balaban J connectivity index is 1.72. The molecule has 3 aliphatic heterocycles. The normalized spacial score (nSPS) is 43.9. The Morgan fingerprint density at radius 2 is 2.10 bits per heavy atom. The average Bonchev–Trinajstić information content (AvgIpc) is 3.08. The van der Waals surface area contributed by atoms with Gasteiger partial charge in [0.05, 0.1) is 0 Å². The first-order chi connectivity index (χ1) is 10.3. The number of para-hydroxylation sites is 1. The van der Waals surface area contributed by atoms with Crippen LogP contribution in [-0.4, -0.2) is 30.1 Å². The van der Waals surface area contributed by atoms with Gasteiger partial charge in [0.2, 0.25) is 0 Å². The predicted octanol–water partition coefficient (Wildman–Crippen LogP) is 3.78. The molecule has 1 N–H and O–H groups in total. The molecular formula is C19H26N2. The number of anilines is 1. The summed E-state index contributed by atoms with van der Waals surface area (Å²) in [5, 5.41) is 3.90. The van der Waals surface area contributed by atoms with Crippen molar-refractivity contribution < 1.29 is 0 Å². The third-order valence-corrected chi connectivity index (χ3v) is 7.38. The number of nitrogens with one attached hydrogen (secondary N) is 1. The molecule has 0 aromatic heterocycles. The number of piperidine rings is 1. The van der Waals surface area contributed by atoms with E-state index in [1.807, 2.05) is 0 Å². The fourth-order valence-corrected chi connectivity index (χ4v) is 6.60. The molecule has 1 aromatic carbocycles. The van der Waals surface area contributed by atoms with Crippen molar-refractivity contribution >= 4 is 5.69 Å². The summed E-state index contributed by atoms with van der Waals surface area (Å²) in [6.07, 6.45) is 8.41. The molecule has 2 unspecified atom stereocenters. The Labute approximate surface area is 127 Å². The van der Waals surface area contributed by atoms with E-state index in [1.54, 1.807) is 5.56 Å². The van der Waals surface area contributed by atoms with E-state index < -0.39 is 0 Å². The predicted molar refractivity (Wildman–Crippen MR) is 86.7 cm³/mol. The van der Waals surface area contributed by atoms with Gasteiger partial charge in [0.15, 0.2) is 0 Å². The van der Waals surface area contributed by atoms with Crippen molar-refractivity contribution in [2.24, 2.45) is 5.41 Å². The Kier molecular flexibility index (Phi) is 2.41. The lowest BCUT2D eigenvalue weighted by Crippen LogP contribution is -2.63. The fourth-order valence-electron chi connectivity index (χ4n) is 6.60. The standard InChI is InChI=1S/C19H26N2/c1-2-18-9-5-12-21-13-11-19(17(18)21)14-6-3-4-7-15(14)20-16(19)8-10-18/h3-4,6-7,16-17,20H,2,5,8-13H2,1H3/t16?,17-,18?,19+/m1/s1. The van der Waals surface area contributed by atoms with Gasteiger partial charge in [0.1, 0.15) is 0 Å². The maximum absolute atomic E-state index is 3.90. The summed E-state index contributed by atoms with van der Waals surface area (Å²) in [6, 6.07) is 10.7. The van der Waals surface area contributed by atoms with Gasteiger partial charge in [-0.2, -0.15) is 0 Å². The second-order valence-corrected chi connectivity index (χ2v) is 7.83. The molecule has 1 aliphatic carbocycles. The monoisotopic (exact) mass is 282 g/mol. The van der Waals surface area contributed by atoms with Crippen LogP contribution in [0.4, 0.5) is 5.69 Å². The Bertz CT molecular complexity index is 583. The minimum Gasteiger partial charge on any atom is -0.381 e. The Hall–Kier alpha value is -1.02. The first kappa shape index (κ1) is 12.5. The molecule has 0 bridgehead atoms. The lowest BCUT2D eigenvalue weighted by molar-refractivity contribution is -0.0309. The molecule has 2 nitrogen and oxygen atoms in total. The van der Waals surface area contributed by atoms with E-state index >= 15 is 0 Å². The van der Waals surface area contributed by atoms with E-state index in [2.05, 4.69) is 41.4 Å². The van der Waals surface area contributed by atoms with Gasteiger partial charge in [-0.1, -0.05) is 25.1 Å². The molecule has 1 spiro atoms. The molecule has 4 aliphatic rings. The van der Waals surface area contributed by atoms with Crippen LogP contribution >= 0.6 is 0 Å². The molecule has 1 saturated carbocycles. The molecular weight excluding hydrogens is 256 g/mol. The second-order valence-electron chi connectivity index (χ2n) is 7.83. The van der Waals surface area contributed by atoms with Crippen LogP contribution in [0.1, 0.15) is 51.0 Å². The highest BCUT2D eigenvalue weighted by atomic mass is 15.2. The van der Waals surface area contributed by atoms with Gasteiger partial charge in [-0.15, -0.1) is 0 Å². The van der Waals surface area contributed by atoms with Gasteiger partial charge in [0, 0.05) is 23.2 Å². The largest absolute Gasteiger partial charge is 0.381 e. The Morgan fingerprint density at radius 3 is 3.00 bits per heavy atom. The third kappa shape index (κ3) is 1.34. The first-order valence-corrected chi connectivity index (χ1v) is 8.90. The lowest BCUT2D eigenvalue weighted by atomic mass is 9.52. The molecule has 3 fully saturated rings. The topological polar surface area (TPSA) is 15.3 Å². The van der Waals surface area contributed by atoms with E-state index in [1.165, 1.54) is 57.3 Å². The molecule has 5 rings (SSSR count). The van der Waals surface area contributed by atoms with Gasteiger partial charge in [-0.05, 0) is 68.7 Å². The summed E-state index contributed by atoms with van der Waals surface area (Å²) < 4.78 is 0. The molecule has 2 heteroatoms. The lowest BCUT2D eigenvalue weighted by Gasteiger charge is -2.58. The maximum Gasteiger partial charge on any atom is 0.0382 e. The van der Waals surface area contributed by atoms with Crippen LogP contribution in [0.25, 0.3) is 0 Å². The van der Waals surface area contributed by atoms with Crippen molar-refractivity contribution in [3.63, 3.8) is 0 Å². The molecule has 4 atom stereocenters. The summed E-state index contributed by atoms with van der Waals surface area (Å²) in [7, 11) is 0. The van der Waals surface area contributed by atoms with Gasteiger partial charge in [0.25, 0.3) is 0 Å². The molecule has 112 valence electrons. The van der Waals surface area contributed by atoms with Crippen LogP contribution in [0, 0.1) is 5.41 Å². The van der Waals surface area contributed by atoms with Crippen molar-refractivity contribution in [3.05, 3.63) is 29.8 Å². The van der Waals surface area contributed by atoms with Crippen molar-refractivity contribution in [1.82, 2.24) is 4.90 Å². The SMILES string of the molecule is CCC12CCCN3CC[C@@]4(c5ccccc5NC4CC1)[C@H]32. The van der Waals surface area contributed by atoms with Crippen molar-refractivity contribution in [3.8, 4) is 0 Å². The number of rotatable bonds is 1. The highest BCUT2D eigenvalue weighted by Gasteiger charge is 2.65. The summed E-state index contributed by atoms with van der Waals surface area (Å²) in [5.74, 6) is 0. The number of fused-ring (bicyclic) bond motifs is 1. The van der Waals surface area contributed by atoms with E-state index in [9.17, 15) is 0 Å². The molecule has 1 aromatic rings. The summed E-state index contributed by atoms with van der Waals surface area (Å²) in [6.45, 7) is 5.10. The Morgan fingerprint density at radius 1 is 1.19 bits per heavy atom. The first-order valence-electron chi connectivity index (χ1n) is 8.90. The zero-order valence-electron chi connectivity index (χ0n) is 13.1. The molecule has 2 saturated heterocycles. The average molecular weight is 282 g/mol. The van der Waals surface area contributed by atoms with Crippen LogP contribution in [0.15, 0.2) is 24.3 Å². The summed E-state index contributed by atoms with van der Waals surface area (Å²) in [5.41, 5.74) is 4.07. The number of benzene rings is 1. The van der Waals surface area contributed by atoms with Gasteiger partial charge < -0.3 is 5.32 Å². The number of hydrogen-bond acceptors (Lipinski definition) is 2. The highest BCUT2D eigenvalue weighted by Crippen LogP contribution is 2.63. The molecule has 3 heterocycles. The van der Waals surface area contributed by atoms with E-state index in [0.717, 1.165) is 6.04 Å². The summed E-state index contributed by atoms with van der Waals surface area (Å²) >= 11 is 0. The van der Waals surface area contributed by atoms with Crippen molar-refractivity contribution in [1.29, 1.82) is 0 Å². The highest BCUT2D eigenvalue weighted by molar-refractivity contribution is 5.64. The second kappa shape index (κ2) is 4.04. The zero-order valence-corrected chi connectivity index (χ0v) is 13.1. The van der Waals surface area contributed by atoms with E-state index in [0.29, 0.717) is 16.9 Å². The fraction of sp³-hybridized carbons (Fsp3) is 0.684. The van der Waals surface area contributed by atoms with E-state index in [-0.39, 0.29) is 0 Å². The van der Waals surface area contributed by atoms with Crippen molar-refractivity contribution in [2.75, 3.05) is 18.4 Å². The van der Waals surface area contributed by atoms with Crippen LogP contribution in [-0.2, 0) is 5.41 Å². The minimum absolute atomic E-state index is 0.408. The molecule has 21 heavy (non-hydrogen) atoms. The molecule has 0 amide bonds. The summed E-state index contributed by atoms with van der Waals surface area (Å²) in [4.78, 5) is 2.86. The zero-order chi connectivity index (χ0) is 14.1.